The van der Waals surface area contributed by atoms with Gasteiger partial charge in [-0.05, 0) is 71.4 Å². The topological polar surface area (TPSA) is 15.3 Å². The number of hydrogen-bond acceptors (Lipinski definition) is 2. The van der Waals surface area contributed by atoms with Crippen molar-refractivity contribution in [2.45, 2.75) is 76.4 Å². The molecule has 1 N–H and O–H groups in total. The summed E-state index contributed by atoms with van der Waals surface area (Å²) in [6, 6.07) is 2.52. The van der Waals surface area contributed by atoms with Gasteiger partial charge in [-0.25, -0.2) is 0 Å². The van der Waals surface area contributed by atoms with Gasteiger partial charge in [0.2, 0.25) is 0 Å². The lowest BCUT2D eigenvalue weighted by Crippen LogP contribution is -2.45. The molecule has 0 aromatic carbocycles. The van der Waals surface area contributed by atoms with Crippen molar-refractivity contribution in [2.75, 3.05) is 14.1 Å². The zero-order chi connectivity index (χ0) is 12.3. The lowest BCUT2D eigenvalue weighted by Gasteiger charge is -2.41. The molecule has 2 aliphatic carbocycles. The van der Waals surface area contributed by atoms with Crippen molar-refractivity contribution in [2.24, 2.45) is 5.92 Å². The van der Waals surface area contributed by atoms with Crippen LogP contribution in [-0.4, -0.2) is 37.1 Å². The number of rotatable bonds is 3. The molecule has 2 fully saturated rings. The minimum atomic E-state index is 0.783. The highest BCUT2D eigenvalue weighted by molar-refractivity contribution is 4.85. The standard InChI is InChI=1S/C15H30N2/c1-12-4-8-14(9-5-12)17(3)15-10-6-13(16-2)7-11-15/h12-16H,4-11H2,1-3H3. The van der Waals surface area contributed by atoms with Gasteiger partial charge in [0.05, 0.1) is 0 Å². The normalized spacial score (nSPS) is 39.5. The Morgan fingerprint density at radius 3 is 1.76 bits per heavy atom. The lowest BCUT2D eigenvalue weighted by molar-refractivity contribution is 0.0941. The van der Waals surface area contributed by atoms with Gasteiger partial charge in [0.15, 0.2) is 0 Å². The van der Waals surface area contributed by atoms with Crippen LogP contribution in [-0.2, 0) is 0 Å². The molecule has 0 aromatic heterocycles. The van der Waals surface area contributed by atoms with Crippen LogP contribution in [0.4, 0.5) is 0 Å². The van der Waals surface area contributed by atoms with Gasteiger partial charge in [0.25, 0.3) is 0 Å². The minimum Gasteiger partial charge on any atom is -0.317 e. The van der Waals surface area contributed by atoms with E-state index in [2.05, 4.69) is 31.2 Å². The molecule has 0 unspecified atom stereocenters. The fraction of sp³-hybridized carbons (Fsp3) is 1.00. The van der Waals surface area contributed by atoms with E-state index in [0.29, 0.717) is 0 Å². The van der Waals surface area contributed by atoms with E-state index in [4.69, 9.17) is 0 Å². The summed E-state index contributed by atoms with van der Waals surface area (Å²) in [5.41, 5.74) is 0. The highest BCUT2D eigenvalue weighted by Gasteiger charge is 2.29. The van der Waals surface area contributed by atoms with Crippen LogP contribution in [0.1, 0.15) is 58.3 Å². The Kier molecular flexibility index (Phi) is 4.87. The molecule has 17 heavy (non-hydrogen) atoms. The van der Waals surface area contributed by atoms with Gasteiger partial charge in [0.1, 0.15) is 0 Å². The molecular weight excluding hydrogens is 208 g/mol. The molecule has 0 saturated heterocycles. The molecule has 0 heterocycles. The zero-order valence-corrected chi connectivity index (χ0v) is 11.9. The molecule has 2 rings (SSSR count). The second kappa shape index (κ2) is 6.19. The third-order valence-corrected chi connectivity index (χ3v) is 5.24. The number of nitrogens with zero attached hydrogens (tertiary/aromatic N) is 1. The summed E-state index contributed by atoms with van der Waals surface area (Å²) in [5.74, 6) is 0.972. The molecule has 0 bridgehead atoms. The third-order valence-electron chi connectivity index (χ3n) is 5.24. The Labute approximate surface area is 107 Å². The van der Waals surface area contributed by atoms with E-state index in [1.807, 2.05) is 0 Å². The van der Waals surface area contributed by atoms with Gasteiger partial charge in [0, 0.05) is 18.1 Å². The van der Waals surface area contributed by atoms with E-state index in [1.165, 1.54) is 51.4 Å². The van der Waals surface area contributed by atoms with Crippen molar-refractivity contribution in [3.05, 3.63) is 0 Å². The van der Waals surface area contributed by atoms with Gasteiger partial charge >= 0.3 is 0 Å². The Balaban J connectivity index is 1.78. The van der Waals surface area contributed by atoms with Crippen LogP contribution in [0, 0.1) is 5.92 Å². The zero-order valence-electron chi connectivity index (χ0n) is 11.9. The summed E-state index contributed by atoms with van der Waals surface area (Å²) in [4.78, 5) is 2.72. The van der Waals surface area contributed by atoms with E-state index in [-0.39, 0.29) is 0 Å². The van der Waals surface area contributed by atoms with Crippen molar-refractivity contribution in [3.63, 3.8) is 0 Å². The maximum Gasteiger partial charge on any atom is 0.00963 e. The fourth-order valence-electron chi connectivity index (χ4n) is 3.72. The lowest BCUT2D eigenvalue weighted by atomic mass is 9.84. The molecule has 2 saturated carbocycles. The Bertz CT molecular complexity index is 213. The monoisotopic (exact) mass is 238 g/mol. The molecule has 0 amide bonds. The number of nitrogens with one attached hydrogen (secondary N) is 1. The summed E-state index contributed by atoms with van der Waals surface area (Å²) in [6.07, 6.45) is 11.3. The maximum absolute atomic E-state index is 3.43. The van der Waals surface area contributed by atoms with E-state index >= 15 is 0 Å². The van der Waals surface area contributed by atoms with Crippen molar-refractivity contribution in [1.82, 2.24) is 10.2 Å². The van der Waals surface area contributed by atoms with Crippen molar-refractivity contribution in [1.29, 1.82) is 0 Å². The van der Waals surface area contributed by atoms with Gasteiger partial charge in [-0.15, -0.1) is 0 Å². The summed E-state index contributed by atoms with van der Waals surface area (Å²) >= 11 is 0. The average Bonchev–Trinajstić information content (AvgIpc) is 2.39. The van der Waals surface area contributed by atoms with Gasteiger partial charge < -0.3 is 10.2 Å². The van der Waals surface area contributed by atoms with Crippen LogP contribution in [0.3, 0.4) is 0 Å². The second-order valence-corrected chi connectivity index (χ2v) is 6.37. The van der Waals surface area contributed by atoms with Gasteiger partial charge in [-0.1, -0.05) is 6.92 Å². The Morgan fingerprint density at radius 2 is 1.29 bits per heavy atom. The molecular formula is C15H30N2. The molecule has 0 aromatic rings. The van der Waals surface area contributed by atoms with Crippen molar-refractivity contribution < 1.29 is 0 Å². The molecule has 0 spiro atoms. The molecule has 2 aliphatic rings. The van der Waals surface area contributed by atoms with Crippen LogP contribution in [0.15, 0.2) is 0 Å². The predicted molar refractivity (Wildman–Crippen MR) is 74.3 cm³/mol. The fourth-order valence-corrected chi connectivity index (χ4v) is 3.72. The van der Waals surface area contributed by atoms with E-state index in [1.54, 1.807) is 0 Å². The molecule has 2 nitrogen and oxygen atoms in total. The predicted octanol–water partition coefficient (Wildman–Crippen LogP) is 3.03. The van der Waals surface area contributed by atoms with Crippen LogP contribution in [0.2, 0.25) is 0 Å². The molecule has 0 aliphatic heterocycles. The quantitative estimate of drug-likeness (QED) is 0.813. The summed E-state index contributed by atoms with van der Waals surface area (Å²) in [5, 5.41) is 3.43. The first-order valence-corrected chi connectivity index (χ1v) is 7.60. The van der Waals surface area contributed by atoms with Crippen LogP contribution in [0.5, 0.6) is 0 Å². The Hall–Kier alpha value is -0.0800. The van der Waals surface area contributed by atoms with E-state index in [9.17, 15) is 0 Å². The second-order valence-electron chi connectivity index (χ2n) is 6.37. The summed E-state index contributed by atoms with van der Waals surface area (Å²) < 4.78 is 0. The van der Waals surface area contributed by atoms with Crippen molar-refractivity contribution >= 4 is 0 Å². The first-order chi connectivity index (χ1) is 8.20. The first-order valence-electron chi connectivity index (χ1n) is 7.60. The highest BCUT2D eigenvalue weighted by Crippen LogP contribution is 2.31. The smallest absolute Gasteiger partial charge is 0.00963 e. The van der Waals surface area contributed by atoms with Crippen LogP contribution >= 0.6 is 0 Å². The molecule has 0 atom stereocenters. The molecule has 100 valence electrons. The van der Waals surface area contributed by atoms with Crippen LogP contribution < -0.4 is 5.32 Å². The SMILES string of the molecule is CNC1CCC(N(C)C2CCC(C)CC2)CC1. The minimum absolute atomic E-state index is 0.783. The highest BCUT2D eigenvalue weighted by atomic mass is 15.2. The molecule has 0 radical (unpaired) electrons. The maximum atomic E-state index is 3.43. The van der Waals surface area contributed by atoms with E-state index in [0.717, 1.165) is 24.0 Å². The summed E-state index contributed by atoms with van der Waals surface area (Å²) in [7, 11) is 4.49. The third kappa shape index (κ3) is 3.45. The Morgan fingerprint density at radius 1 is 0.824 bits per heavy atom. The largest absolute Gasteiger partial charge is 0.317 e. The molecule has 2 heteroatoms. The number of hydrogen-bond donors (Lipinski definition) is 1. The van der Waals surface area contributed by atoms with Crippen molar-refractivity contribution in [3.8, 4) is 0 Å². The van der Waals surface area contributed by atoms with Gasteiger partial charge in [-0.3, -0.25) is 0 Å². The average molecular weight is 238 g/mol. The van der Waals surface area contributed by atoms with Crippen LogP contribution in [0.25, 0.3) is 0 Å². The van der Waals surface area contributed by atoms with Gasteiger partial charge in [-0.2, -0.15) is 0 Å². The van der Waals surface area contributed by atoms with E-state index < -0.39 is 0 Å². The first kappa shape index (κ1) is 13.4. The summed E-state index contributed by atoms with van der Waals surface area (Å²) in [6.45, 7) is 2.41.